The third-order valence-electron chi connectivity index (χ3n) is 4.03. The summed E-state index contributed by atoms with van der Waals surface area (Å²) in [6.45, 7) is 2.40. The molecule has 2 rings (SSSR count). The molecule has 0 aromatic heterocycles. The number of carbonyl (C=O) groups excluding carboxylic acids is 1. The number of nitrogens with zero attached hydrogens (tertiary/aromatic N) is 1. The van der Waals surface area contributed by atoms with Crippen LogP contribution in [0.15, 0.2) is 23.1 Å². The lowest BCUT2D eigenvalue weighted by Gasteiger charge is -2.21. The average molecular weight is 375 g/mol. The van der Waals surface area contributed by atoms with Crippen molar-refractivity contribution in [3.8, 4) is 0 Å². The molecule has 2 N–H and O–H groups in total. The Morgan fingerprint density at radius 2 is 1.92 bits per heavy atom. The van der Waals surface area contributed by atoms with Crippen LogP contribution in [0.25, 0.3) is 0 Å². The Kier molecular flexibility index (Phi) is 6.62. The molecule has 0 saturated carbocycles. The van der Waals surface area contributed by atoms with Crippen LogP contribution in [0.3, 0.4) is 0 Å². The summed E-state index contributed by atoms with van der Waals surface area (Å²) in [5.74, 6) is -0.444. The molecule has 0 spiro atoms. The van der Waals surface area contributed by atoms with Gasteiger partial charge in [-0.2, -0.15) is 4.31 Å². The highest BCUT2D eigenvalue weighted by molar-refractivity contribution is 7.89. The molecule has 134 valence electrons. The summed E-state index contributed by atoms with van der Waals surface area (Å²) in [5, 5.41) is 11.7. The van der Waals surface area contributed by atoms with Gasteiger partial charge in [-0.1, -0.05) is 24.4 Å². The largest absolute Gasteiger partial charge is 0.394 e. The fraction of sp³-hybridized carbons (Fsp3) is 0.562. The molecule has 0 bridgehead atoms. The Bertz CT molecular complexity index is 685. The molecule has 6 nitrogen and oxygen atoms in total. The highest BCUT2D eigenvalue weighted by Crippen LogP contribution is 2.27. The molecule has 0 aliphatic carbocycles. The third kappa shape index (κ3) is 4.47. The molecule has 1 aliphatic heterocycles. The molecule has 1 atom stereocenters. The van der Waals surface area contributed by atoms with Crippen LogP contribution < -0.4 is 5.32 Å². The summed E-state index contributed by atoms with van der Waals surface area (Å²) in [6, 6.07) is 3.79. The van der Waals surface area contributed by atoms with Crippen molar-refractivity contribution in [2.45, 2.75) is 43.5 Å². The van der Waals surface area contributed by atoms with E-state index in [1.807, 2.05) is 0 Å². The van der Waals surface area contributed by atoms with E-state index < -0.39 is 22.0 Å². The number of hydrogen-bond acceptors (Lipinski definition) is 4. The second-order valence-electron chi connectivity index (χ2n) is 6.02. The summed E-state index contributed by atoms with van der Waals surface area (Å²) in [6.07, 6.45) is 3.68. The average Bonchev–Trinajstić information content (AvgIpc) is 2.84. The van der Waals surface area contributed by atoms with Gasteiger partial charge in [-0.15, -0.1) is 0 Å². The highest BCUT2D eigenvalue weighted by atomic mass is 35.5. The van der Waals surface area contributed by atoms with Gasteiger partial charge < -0.3 is 10.4 Å². The number of aliphatic hydroxyl groups is 1. The zero-order valence-corrected chi connectivity index (χ0v) is 15.2. The van der Waals surface area contributed by atoms with Crippen molar-refractivity contribution >= 4 is 27.5 Å². The number of nitrogens with one attached hydrogen (secondary N) is 1. The van der Waals surface area contributed by atoms with Crippen molar-refractivity contribution in [3.63, 3.8) is 0 Å². The standard InChI is InChI=1S/C16H23ClN2O4S/c1-12(11-20)18-16(21)13-6-7-14(17)15(10-13)24(22,23)19-8-4-2-3-5-9-19/h6-7,10,12,20H,2-5,8-9,11H2,1H3,(H,18,21). The Morgan fingerprint density at radius 3 is 2.50 bits per heavy atom. The Hall–Kier alpha value is -1.15. The maximum atomic E-state index is 12.9. The molecule has 1 heterocycles. The molecular weight excluding hydrogens is 352 g/mol. The van der Waals surface area contributed by atoms with E-state index in [1.54, 1.807) is 6.92 Å². The summed E-state index contributed by atoms with van der Waals surface area (Å²) in [5.41, 5.74) is 0.202. The number of benzene rings is 1. The predicted molar refractivity (Wildman–Crippen MR) is 92.7 cm³/mol. The maximum absolute atomic E-state index is 12.9. The molecule has 1 unspecified atom stereocenters. The number of amides is 1. The van der Waals surface area contributed by atoms with E-state index in [0.29, 0.717) is 13.1 Å². The van der Waals surface area contributed by atoms with E-state index >= 15 is 0 Å². The number of halogens is 1. The zero-order valence-electron chi connectivity index (χ0n) is 13.7. The fourth-order valence-electron chi connectivity index (χ4n) is 2.62. The zero-order chi connectivity index (χ0) is 17.7. The van der Waals surface area contributed by atoms with Gasteiger partial charge in [-0.05, 0) is 38.0 Å². The number of sulfonamides is 1. The van der Waals surface area contributed by atoms with Crippen molar-refractivity contribution in [1.29, 1.82) is 0 Å². The molecule has 1 saturated heterocycles. The van der Waals surface area contributed by atoms with Crippen molar-refractivity contribution in [1.82, 2.24) is 9.62 Å². The van der Waals surface area contributed by atoms with Gasteiger partial charge in [0, 0.05) is 24.7 Å². The van der Waals surface area contributed by atoms with E-state index in [1.165, 1.54) is 22.5 Å². The van der Waals surface area contributed by atoms with Gasteiger partial charge in [0.15, 0.2) is 0 Å². The first kappa shape index (κ1) is 19.2. The lowest BCUT2D eigenvalue weighted by atomic mass is 10.2. The highest BCUT2D eigenvalue weighted by Gasteiger charge is 2.28. The van der Waals surface area contributed by atoms with Crippen molar-refractivity contribution in [2.75, 3.05) is 19.7 Å². The Morgan fingerprint density at radius 1 is 1.29 bits per heavy atom. The molecule has 24 heavy (non-hydrogen) atoms. The predicted octanol–water partition coefficient (Wildman–Crippen LogP) is 2.02. The van der Waals surface area contributed by atoms with Gasteiger partial charge in [0.1, 0.15) is 4.90 Å². The molecule has 0 radical (unpaired) electrons. The second kappa shape index (κ2) is 8.29. The summed E-state index contributed by atoms with van der Waals surface area (Å²) < 4.78 is 27.2. The molecule has 8 heteroatoms. The van der Waals surface area contributed by atoms with Gasteiger partial charge in [0.2, 0.25) is 10.0 Å². The second-order valence-corrected chi connectivity index (χ2v) is 8.33. The first-order valence-corrected chi connectivity index (χ1v) is 9.89. The molecular formula is C16H23ClN2O4S. The SMILES string of the molecule is CC(CO)NC(=O)c1ccc(Cl)c(S(=O)(=O)N2CCCCCC2)c1. The van der Waals surface area contributed by atoms with Crippen LogP contribution in [-0.4, -0.2) is 49.5 Å². The smallest absolute Gasteiger partial charge is 0.251 e. The first-order chi connectivity index (χ1) is 11.4. The minimum Gasteiger partial charge on any atom is -0.394 e. The minimum absolute atomic E-state index is 0.0460. The van der Waals surface area contributed by atoms with Crippen molar-refractivity contribution < 1.29 is 18.3 Å². The van der Waals surface area contributed by atoms with Gasteiger partial charge in [0.05, 0.1) is 11.6 Å². The summed E-state index contributed by atoms with van der Waals surface area (Å²) >= 11 is 6.10. The van der Waals surface area contributed by atoms with Crippen molar-refractivity contribution in [2.24, 2.45) is 0 Å². The number of aliphatic hydroxyl groups excluding tert-OH is 1. The summed E-state index contributed by atoms with van der Waals surface area (Å²) in [4.78, 5) is 12.1. The van der Waals surface area contributed by atoms with E-state index in [4.69, 9.17) is 16.7 Å². The van der Waals surface area contributed by atoms with E-state index in [0.717, 1.165) is 25.7 Å². The van der Waals surface area contributed by atoms with E-state index in [9.17, 15) is 13.2 Å². The third-order valence-corrected chi connectivity index (χ3v) is 6.41. The molecule has 1 aromatic carbocycles. The molecule has 1 amide bonds. The topological polar surface area (TPSA) is 86.7 Å². The van der Waals surface area contributed by atoms with Crippen molar-refractivity contribution in [3.05, 3.63) is 28.8 Å². The minimum atomic E-state index is -3.73. The van der Waals surface area contributed by atoms with Gasteiger partial charge in [-0.25, -0.2) is 8.42 Å². The monoisotopic (exact) mass is 374 g/mol. The van der Waals surface area contributed by atoms with Gasteiger partial charge >= 0.3 is 0 Å². The Balaban J connectivity index is 2.31. The molecule has 1 aromatic rings. The van der Waals surface area contributed by atoms with Crippen LogP contribution in [-0.2, 0) is 10.0 Å². The van der Waals surface area contributed by atoms with Crippen LogP contribution in [0.2, 0.25) is 5.02 Å². The van der Waals surface area contributed by atoms with Crippen LogP contribution in [0.1, 0.15) is 43.0 Å². The van der Waals surface area contributed by atoms with Crippen LogP contribution in [0.5, 0.6) is 0 Å². The van der Waals surface area contributed by atoms with Crippen LogP contribution in [0, 0.1) is 0 Å². The molecule has 1 fully saturated rings. The first-order valence-electron chi connectivity index (χ1n) is 8.07. The summed E-state index contributed by atoms with van der Waals surface area (Å²) in [7, 11) is -3.73. The lowest BCUT2D eigenvalue weighted by Crippen LogP contribution is -2.35. The normalized spacial score (nSPS) is 18.0. The lowest BCUT2D eigenvalue weighted by molar-refractivity contribution is 0.0922. The molecule has 1 aliphatic rings. The van der Waals surface area contributed by atoms with Gasteiger partial charge in [-0.3, -0.25) is 4.79 Å². The number of hydrogen-bond donors (Lipinski definition) is 2. The maximum Gasteiger partial charge on any atom is 0.251 e. The van der Waals surface area contributed by atoms with Crippen LogP contribution in [0.4, 0.5) is 0 Å². The number of carbonyl (C=O) groups is 1. The van der Waals surface area contributed by atoms with Gasteiger partial charge in [0.25, 0.3) is 5.91 Å². The number of rotatable bonds is 5. The van der Waals surface area contributed by atoms with E-state index in [2.05, 4.69) is 5.32 Å². The quantitative estimate of drug-likeness (QED) is 0.825. The fourth-order valence-corrected chi connectivity index (χ4v) is 4.63. The van der Waals surface area contributed by atoms with E-state index in [-0.39, 0.29) is 22.1 Å². The van der Waals surface area contributed by atoms with Crippen LogP contribution >= 0.6 is 11.6 Å². The Labute approximate surface area is 147 Å².